The van der Waals surface area contributed by atoms with Gasteiger partial charge in [-0.3, -0.25) is 38.4 Å². The fourth-order valence-corrected chi connectivity index (χ4v) is 15.4. The Morgan fingerprint density at radius 1 is 0.426 bits per heavy atom. The van der Waals surface area contributed by atoms with E-state index in [1.54, 1.807) is 19.6 Å². The lowest BCUT2D eigenvalue weighted by atomic mass is 10.3. The van der Waals surface area contributed by atoms with Crippen LogP contribution in [0.5, 0.6) is 0 Å². The minimum absolute atomic E-state index is 0.0751. The van der Waals surface area contributed by atoms with Crippen LogP contribution in [0.1, 0.15) is 0 Å². The summed E-state index contributed by atoms with van der Waals surface area (Å²) in [7, 11) is -8.46. The summed E-state index contributed by atoms with van der Waals surface area (Å²) >= 11 is 20.5. The predicted octanol–water partition coefficient (Wildman–Crippen LogP) is -3.08. The number of hydrogen-bond acceptors (Lipinski definition) is 8. The summed E-state index contributed by atoms with van der Waals surface area (Å²) in [5.74, 6) is -2.40. The Balaban J connectivity index is 1.27. The molecule has 0 spiro atoms. The molecule has 0 aromatic rings. The van der Waals surface area contributed by atoms with E-state index in [-0.39, 0.29) is 137 Å². The first-order valence-corrected chi connectivity index (χ1v) is 26.8. The van der Waals surface area contributed by atoms with Gasteiger partial charge in [0, 0.05) is 37.0 Å². The van der Waals surface area contributed by atoms with E-state index in [4.69, 9.17) is 33.2 Å². The molecule has 2 unspecified atom stereocenters. The molecule has 4 heterocycles. The van der Waals surface area contributed by atoms with Gasteiger partial charge in [-0.1, -0.05) is 19.6 Å². The normalized spacial score (nSPS) is 23.9. The monoisotopic (exact) mass is 768 g/mol. The number of piperazine rings is 4. The Hall–Kier alpha value is -2.72. The molecule has 2 N–H and O–H groups in total. The molecule has 260 valence electrons. The van der Waals surface area contributed by atoms with Crippen molar-refractivity contribution in [1.29, 1.82) is 0 Å². The molecule has 22 heteroatoms. The van der Waals surface area contributed by atoms with Gasteiger partial charge in [-0.05, 0) is 0 Å². The van der Waals surface area contributed by atoms with E-state index >= 15 is 0 Å². The number of nitrogens with one attached hydrogen (secondary N) is 2. The van der Waals surface area contributed by atoms with Crippen LogP contribution in [0.3, 0.4) is 0 Å². The first-order valence-electron chi connectivity index (χ1n) is 15.0. The molecule has 0 aromatic carbocycles. The second kappa shape index (κ2) is 14.4. The highest BCUT2D eigenvalue weighted by Gasteiger charge is 2.44. The lowest BCUT2D eigenvalue weighted by Crippen LogP contribution is -2.64. The number of halogens is 3. The molecule has 4 saturated heterocycles. The van der Waals surface area contributed by atoms with Crippen molar-refractivity contribution in [3.63, 3.8) is 0 Å². The summed E-state index contributed by atoms with van der Waals surface area (Å²) in [6.07, 6.45) is 0.680. The molecule has 0 aromatic heterocycles. The predicted molar refractivity (Wildman–Crippen MR) is 178 cm³/mol. The zero-order valence-corrected chi connectivity index (χ0v) is 31.8. The zero-order chi connectivity index (χ0) is 34.9. The number of carbonyl (C=O) groups is 8. The Morgan fingerprint density at radius 2 is 0.638 bits per heavy atom. The molecule has 0 saturated carbocycles. The largest absolute Gasteiger partial charge is 0.345 e. The number of carbonyl (C=O) groups excluding carboxylic acids is 8. The molecule has 4 aliphatic rings. The third kappa shape index (κ3) is 10.1. The van der Waals surface area contributed by atoms with Crippen molar-refractivity contribution >= 4 is 103 Å². The van der Waals surface area contributed by atoms with E-state index in [1.807, 2.05) is 0 Å². The van der Waals surface area contributed by atoms with Gasteiger partial charge in [-0.2, -0.15) is 33.2 Å². The summed E-state index contributed by atoms with van der Waals surface area (Å²) in [6.45, 7) is 4.00. The number of rotatable bonds is 12. The van der Waals surface area contributed by atoms with Crippen molar-refractivity contribution in [2.24, 2.45) is 0 Å². The quantitative estimate of drug-likeness (QED) is 0.155. The highest BCUT2D eigenvalue weighted by molar-refractivity contribution is 7.21. The number of nitrogens with zero attached hydrogens (tertiary/aromatic N) is 6. The Bertz CT molecular complexity index is 1270. The highest BCUT2D eigenvalue weighted by atomic mass is 35.6. The van der Waals surface area contributed by atoms with Gasteiger partial charge in [0.1, 0.15) is 0 Å². The lowest BCUT2D eigenvalue weighted by molar-refractivity contribution is -0.149. The van der Waals surface area contributed by atoms with Crippen molar-refractivity contribution in [3.8, 4) is 0 Å². The van der Waals surface area contributed by atoms with Gasteiger partial charge in [0.15, 0.2) is 22.2 Å². The summed E-state index contributed by atoms with van der Waals surface area (Å²) < 4.78 is 0. The second-order valence-electron chi connectivity index (χ2n) is 13.3. The molecular formula is C25H39Cl3N8O8Si3. The van der Waals surface area contributed by atoms with Crippen LogP contribution in [-0.4, -0.2) is 188 Å². The lowest BCUT2D eigenvalue weighted by Gasteiger charge is -2.42. The van der Waals surface area contributed by atoms with E-state index < -0.39 is 22.2 Å². The van der Waals surface area contributed by atoms with Crippen molar-refractivity contribution in [2.75, 3.05) is 89.4 Å². The molecule has 8 amide bonds. The maximum Gasteiger partial charge on any atom is 0.242 e. The fourth-order valence-electron chi connectivity index (χ4n) is 6.01. The van der Waals surface area contributed by atoms with E-state index in [2.05, 4.69) is 10.6 Å². The SMILES string of the molecule is C[Si](Cl)(CN1CC(=O)NCC1=O)CN1CC(=O)N(C[Si](C)(Cl)CN2CC(=O)N(C[Si](C)(Cl)CN3CC(=O)NCC3=O)CC2=O)CC1=O. The molecular weight excluding hydrogens is 731 g/mol. The van der Waals surface area contributed by atoms with Crippen molar-refractivity contribution in [1.82, 2.24) is 40.0 Å². The second-order valence-corrected chi connectivity index (χ2v) is 31.9. The van der Waals surface area contributed by atoms with Crippen molar-refractivity contribution in [3.05, 3.63) is 0 Å². The maximum atomic E-state index is 13.1. The van der Waals surface area contributed by atoms with Crippen LogP contribution in [0, 0.1) is 0 Å². The van der Waals surface area contributed by atoms with Gasteiger partial charge < -0.3 is 40.0 Å². The molecule has 47 heavy (non-hydrogen) atoms. The van der Waals surface area contributed by atoms with Gasteiger partial charge in [0.2, 0.25) is 47.3 Å². The van der Waals surface area contributed by atoms with E-state index in [0.717, 1.165) is 0 Å². The van der Waals surface area contributed by atoms with Crippen LogP contribution in [0.15, 0.2) is 0 Å². The Kier molecular flexibility index (Phi) is 11.4. The molecule has 4 aliphatic heterocycles. The van der Waals surface area contributed by atoms with Gasteiger partial charge in [0.05, 0.1) is 52.4 Å². The number of hydrogen-bond donors (Lipinski definition) is 2. The fraction of sp³-hybridized carbons (Fsp3) is 0.680. The molecule has 16 nitrogen and oxygen atoms in total. The van der Waals surface area contributed by atoms with Gasteiger partial charge in [-0.25, -0.2) is 0 Å². The summed E-state index contributed by atoms with van der Waals surface area (Å²) in [5.41, 5.74) is 0. The summed E-state index contributed by atoms with van der Waals surface area (Å²) in [4.78, 5) is 108. The van der Waals surface area contributed by atoms with Crippen LogP contribution in [0.2, 0.25) is 19.6 Å². The molecule has 0 radical (unpaired) electrons. The van der Waals surface area contributed by atoms with Gasteiger partial charge >= 0.3 is 0 Å². The molecule has 4 fully saturated rings. The zero-order valence-electron chi connectivity index (χ0n) is 26.5. The van der Waals surface area contributed by atoms with E-state index in [9.17, 15) is 38.4 Å². The standard InChI is InChI=1S/C25H39Cl3N8O8Si3/c1-45(26,12-31-6-18(37)29-4-20(31)39)14-33-8-24(43)35(10-22(33)41)16-47(3,28)17-36-11-23(42)34(9-25(36)44)15-46(2,27)13-32-7-19(38)30-5-21(32)40/h4-17H2,1-3H3,(H,29,37)(H,30,38). The molecule has 0 aliphatic carbocycles. The Labute approximate surface area is 289 Å². The highest BCUT2D eigenvalue weighted by Crippen LogP contribution is 2.22. The van der Waals surface area contributed by atoms with Crippen LogP contribution < -0.4 is 10.6 Å². The first kappa shape index (κ1) is 37.1. The molecule has 4 rings (SSSR count). The van der Waals surface area contributed by atoms with Crippen LogP contribution >= 0.6 is 33.2 Å². The Morgan fingerprint density at radius 3 is 0.872 bits per heavy atom. The van der Waals surface area contributed by atoms with Crippen LogP contribution in [0.25, 0.3) is 0 Å². The third-order valence-corrected chi connectivity index (χ3v) is 16.5. The van der Waals surface area contributed by atoms with Gasteiger partial charge in [-0.15, -0.1) is 0 Å². The smallest absolute Gasteiger partial charge is 0.242 e. The first-order chi connectivity index (χ1) is 21.7. The maximum absolute atomic E-state index is 13.1. The average molecular weight is 770 g/mol. The number of amides is 8. The topological polar surface area (TPSA) is 180 Å². The van der Waals surface area contributed by atoms with E-state index in [1.165, 1.54) is 29.4 Å². The van der Waals surface area contributed by atoms with Gasteiger partial charge in [0.25, 0.3) is 0 Å². The van der Waals surface area contributed by atoms with Crippen molar-refractivity contribution in [2.45, 2.75) is 19.6 Å². The molecule has 2 atom stereocenters. The minimum atomic E-state index is -2.90. The molecule has 0 bridgehead atoms. The third-order valence-electron chi connectivity index (χ3n) is 8.09. The summed E-state index contributed by atoms with van der Waals surface area (Å²) in [6, 6.07) is 0. The van der Waals surface area contributed by atoms with Crippen molar-refractivity contribution < 1.29 is 38.4 Å². The average Bonchev–Trinajstić information content (AvgIpc) is 2.93. The van der Waals surface area contributed by atoms with Crippen LogP contribution in [-0.2, 0) is 38.4 Å². The van der Waals surface area contributed by atoms with E-state index in [0.29, 0.717) is 0 Å². The minimum Gasteiger partial charge on any atom is -0.345 e. The summed E-state index contributed by atoms with van der Waals surface area (Å²) in [5, 5.41) is 4.95. The van der Waals surface area contributed by atoms with Crippen LogP contribution in [0.4, 0.5) is 0 Å².